The van der Waals surface area contributed by atoms with E-state index in [0.717, 1.165) is 61.1 Å². The first-order chi connectivity index (χ1) is 15.2. The van der Waals surface area contributed by atoms with E-state index in [-0.39, 0.29) is 31.7 Å². The number of pyridine rings is 2. The van der Waals surface area contributed by atoms with Gasteiger partial charge in [0.2, 0.25) is 11.6 Å². The van der Waals surface area contributed by atoms with E-state index < -0.39 is 0 Å². The third kappa shape index (κ3) is 3.80. The van der Waals surface area contributed by atoms with Crippen molar-refractivity contribution in [2.75, 3.05) is 39.3 Å². The van der Waals surface area contributed by atoms with Crippen molar-refractivity contribution in [3.05, 3.63) is 72.0 Å². The van der Waals surface area contributed by atoms with E-state index in [0.29, 0.717) is 17.1 Å². The largest absolute Gasteiger partial charge is 0.365 e. The van der Waals surface area contributed by atoms with Crippen LogP contribution >= 0.6 is 0 Å². The second-order valence-electron chi connectivity index (χ2n) is 8.10. The summed E-state index contributed by atoms with van der Waals surface area (Å²) in [7, 11) is 0. The molecule has 2 aromatic heterocycles. The van der Waals surface area contributed by atoms with Crippen molar-refractivity contribution in [3.63, 3.8) is 0 Å². The second-order valence-corrected chi connectivity index (χ2v) is 8.10. The number of benzene rings is 1. The van der Waals surface area contributed by atoms with Crippen molar-refractivity contribution in [3.8, 4) is 0 Å². The molecular weight excluding hydrogens is 583 g/mol. The molecule has 8 heteroatoms. The van der Waals surface area contributed by atoms with E-state index in [1.54, 1.807) is 12.4 Å². The van der Waals surface area contributed by atoms with Crippen LogP contribution in [0.25, 0.3) is 21.8 Å². The molecule has 3 fully saturated rings. The van der Waals surface area contributed by atoms with Crippen LogP contribution in [0.15, 0.2) is 72.0 Å². The van der Waals surface area contributed by atoms with Crippen LogP contribution in [-0.2, 0) is 29.7 Å². The topological polar surface area (TPSA) is 68.9 Å². The maximum atomic E-state index is 12.4. The summed E-state index contributed by atoms with van der Waals surface area (Å²) < 4.78 is 0. The van der Waals surface area contributed by atoms with Gasteiger partial charge in [0, 0.05) is 88.6 Å². The van der Waals surface area contributed by atoms with E-state index in [1.807, 2.05) is 26.8 Å². The fourth-order valence-electron chi connectivity index (χ4n) is 3.96. The SMILES string of the molecule is O=C1C=C(N2CC2)C(=O)C(N2CC2)=C1N1CC1.[Ir].c1cnc2c(c1)ccc1cccnc12. The monoisotopic (exact) mass is 604 g/mol. The van der Waals surface area contributed by atoms with Crippen LogP contribution in [0, 0.1) is 0 Å². The summed E-state index contributed by atoms with van der Waals surface area (Å²) in [5.74, 6) is 0.0485. The minimum Gasteiger partial charge on any atom is -0.365 e. The summed E-state index contributed by atoms with van der Waals surface area (Å²) in [5.41, 5.74) is 3.84. The molecule has 32 heavy (non-hydrogen) atoms. The number of allylic oxidation sites excluding steroid dienone is 1. The van der Waals surface area contributed by atoms with E-state index in [4.69, 9.17) is 0 Å². The standard InChI is InChI=1S/C12H13N3O2.C12H8N2.Ir/c16-9-7-8(13-1-2-13)12(17)11(15-5-6-15)10(9)14-3-4-14;1-3-9-5-6-10-4-2-8-14-12(10)11(9)13-7-1;/h7H,1-6H2;1-8H;. The zero-order chi connectivity index (χ0) is 20.9. The van der Waals surface area contributed by atoms with Crippen molar-refractivity contribution in [1.82, 2.24) is 24.7 Å². The molecule has 0 saturated carbocycles. The maximum Gasteiger partial charge on any atom is 0.227 e. The predicted octanol–water partition coefficient (Wildman–Crippen LogP) is 1.96. The van der Waals surface area contributed by atoms with Gasteiger partial charge in [-0.2, -0.15) is 0 Å². The molecule has 1 aliphatic carbocycles. The third-order valence-electron chi connectivity index (χ3n) is 5.83. The van der Waals surface area contributed by atoms with E-state index in [1.165, 1.54) is 6.08 Å². The summed E-state index contributed by atoms with van der Waals surface area (Å²) in [5, 5.41) is 2.28. The van der Waals surface area contributed by atoms with Crippen LogP contribution in [0.1, 0.15) is 0 Å². The first kappa shape index (κ1) is 20.8. The molecule has 1 radical (unpaired) electrons. The number of carbonyl (C=O) groups excluding carboxylic acids is 2. The third-order valence-corrected chi connectivity index (χ3v) is 5.83. The molecule has 0 spiro atoms. The van der Waals surface area contributed by atoms with Gasteiger partial charge in [-0.25, -0.2) is 0 Å². The van der Waals surface area contributed by atoms with Crippen LogP contribution < -0.4 is 0 Å². The Morgan fingerprint density at radius 1 is 0.656 bits per heavy atom. The maximum absolute atomic E-state index is 12.4. The Bertz CT molecular complexity index is 1250. The van der Waals surface area contributed by atoms with Crippen molar-refractivity contribution in [2.45, 2.75) is 0 Å². The van der Waals surface area contributed by atoms with Crippen LogP contribution in [-0.4, -0.2) is 75.5 Å². The first-order valence-corrected chi connectivity index (χ1v) is 10.6. The summed E-state index contributed by atoms with van der Waals surface area (Å²) in [6.07, 6.45) is 5.13. The number of hydrogen-bond acceptors (Lipinski definition) is 7. The van der Waals surface area contributed by atoms with Gasteiger partial charge < -0.3 is 14.7 Å². The molecule has 1 aromatic carbocycles. The molecule has 0 unspecified atom stereocenters. The smallest absolute Gasteiger partial charge is 0.227 e. The molecule has 3 saturated heterocycles. The predicted molar refractivity (Wildman–Crippen MR) is 117 cm³/mol. The van der Waals surface area contributed by atoms with E-state index in [9.17, 15) is 9.59 Å². The number of nitrogens with zero attached hydrogens (tertiary/aromatic N) is 5. The summed E-state index contributed by atoms with van der Waals surface area (Å²) in [6.45, 7) is 5.41. The molecule has 5 heterocycles. The Morgan fingerprint density at radius 2 is 1.16 bits per heavy atom. The number of aromatic nitrogens is 2. The van der Waals surface area contributed by atoms with Crippen LogP contribution in [0.5, 0.6) is 0 Å². The Kier molecular flexibility index (Phi) is 5.27. The molecule has 163 valence electrons. The molecule has 7 rings (SSSR count). The molecule has 0 bridgehead atoms. The van der Waals surface area contributed by atoms with E-state index >= 15 is 0 Å². The Hall–Kier alpha value is -3.09. The minimum absolute atomic E-state index is 0. The summed E-state index contributed by atoms with van der Waals surface area (Å²) >= 11 is 0. The summed E-state index contributed by atoms with van der Waals surface area (Å²) in [4.78, 5) is 39.2. The first-order valence-electron chi connectivity index (χ1n) is 10.6. The van der Waals surface area contributed by atoms with Gasteiger partial charge in [-0.15, -0.1) is 0 Å². The molecule has 0 N–H and O–H groups in total. The van der Waals surface area contributed by atoms with Gasteiger partial charge in [0.1, 0.15) is 11.4 Å². The molecule has 7 nitrogen and oxygen atoms in total. The van der Waals surface area contributed by atoms with Crippen molar-refractivity contribution in [1.29, 1.82) is 0 Å². The number of ketones is 2. The minimum atomic E-state index is 0. The average molecular weight is 604 g/mol. The van der Waals surface area contributed by atoms with E-state index in [2.05, 4.69) is 34.2 Å². The normalized spacial score (nSPS) is 18.9. The Balaban J connectivity index is 0.000000133. The molecular formula is C24H21IrN5O2. The summed E-state index contributed by atoms with van der Waals surface area (Å²) in [6, 6.07) is 12.1. The van der Waals surface area contributed by atoms with Gasteiger partial charge in [0.15, 0.2) is 0 Å². The number of Topliss-reactive ketones (excluding diaryl/α,β-unsaturated/α-hetero) is 1. The molecule has 0 atom stereocenters. The van der Waals surface area contributed by atoms with Gasteiger partial charge in [-0.05, 0) is 12.1 Å². The Morgan fingerprint density at radius 3 is 1.66 bits per heavy atom. The van der Waals surface area contributed by atoms with Crippen molar-refractivity contribution in [2.24, 2.45) is 0 Å². The number of carbonyl (C=O) groups is 2. The molecule has 4 aliphatic rings. The van der Waals surface area contributed by atoms with Gasteiger partial charge >= 0.3 is 0 Å². The Labute approximate surface area is 198 Å². The average Bonchev–Trinajstić information content (AvgIpc) is 3.65. The van der Waals surface area contributed by atoms with Crippen LogP contribution in [0.3, 0.4) is 0 Å². The second kappa shape index (κ2) is 8.11. The van der Waals surface area contributed by atoms with Crippen LogP contribution in [0.2, 0.25) is 0 Å². The van der Waals surface area contributed by atoms with Gasteiger partial charge in [-0.3, -0.25) is 19.6 Å². The molecule has 3 aliphatic heterocycles. The number of hydrogen-bond donors (Lipinski definition) is 0. The zero-order valence-corrected chi connectivity index (χ0v) is 19.7. The van der Waals surface area contributed by atoms with Gasteiger partial charge in [0.25, 0.3) is 0 Å². The van der Waals surface area contributed by atoms with Crippen molar-refractivity contribution >= 4 is 33.4 Å². The van der Waals surface area contributed by atoms with Gasteiger partial charge in [-0.1, -0.05) is 24.3 Å². The van der Waals surface area contributed by atoms with Crippen LogP contribution in [0.4, 0.5) is 0 Å². The number of fused-ring (bicyclic) bond motifs is 3. The molecule has 3 aromatic rings. The number of rotatable bonds is 3. The van der Waals surface area contributed by atoms with Crippen molar-refractivity contribution < 1.29 is 29.7 Å². The quantitative estimate of drug-likeness (QED) is 0.258. The van der Waals surface area contributed by atoms with Gasteiger partial charge in [0.05, 0.1) is 16.7 Å². The molecule has 0 amide bonds. The zero-order valence-electron chi connectivity index (χ0n) is 17.3. The fourth-order valence-corrected chi connectivity index (χ4v) is 3.96. The fraction of sp³-hybridized carbons (Fsp3) is 0.250.